The molecule has 3 aromatic rings. The lowest BCUT2D eigenvalue weighted by Crippen LogP contribution is -2.51. The van der Waals surface area contributed by atoms with Gasteiger partial charge in [0.05, 0.1) is 0 Å². The van der Waals surface area contributed by atoms with Gasteiger partial charge >= 0.3 is 0 Å². The number of carbonyl (C=O) groups excluding carboxylic acids is 2. The van der Waals surface area contributed by atoms with Crippen molar-refractivity contribution in [3.05, 3.63) is 81.8 Å². The number of rotatable bonds is 9. The Morgan fingerprint density at radius 2 is 1.72 bits per heavy atom. The van der Waals surface area contributed by atoms with Crippen LogP contribution in [-0.4, -0.2) is 28.8 Å². The van der Waals surface area contributed by atoms with Crippen LogP contribution >= 0.6 is 23.2 Å². The molecule has 0 heterocycles. The Kier molecular flexibility index (Phi) is 9.28. The first-order valence-corrected chi connectivity index (χ1v) is 13.7. The largest absolute Gasteiger partial charge is 0.352 e. The number of hydrogen-bond acceptors (Lipinski definition) is 2. The molecule has 4 nitrogen and oxygen atoms in total. The van der Waals surface area contributed by atoms with Crippen LogP contribution in [0, 0.1) is 0 Å². The third-order valence-electron chi connectivity index (χ3n) is 7.18. The van der Waals surface area contributed by atoms with Crippen molar-refractivity contribution in [2.45, 2.75) is 76.9 Å². The SMILES string of the molecule is CC[C@@H](C(=O)NC1CCCCC1)N(Cc1ccc(Cl)cc1Cl)C(=O)CCc1cccc2ccccc12. The molecule has 190 valence electrons. The Morgan fingerprint density at radius 3 is 2.47 bits per heavy atom. The zero-order valence-corrected chi connectivity index (χ0v) is 22.3. The highest BCUT2D eigenvalue weighted by Gasteiger charge is 2.30. The van der Waals surface area contributed by atoms with Gasteiger partial charge in [0.1, 0.15) is 6.04 Å². The van der Waals surface area contributed by atoms with Crippen molar-refractivity contribution < 1.29 is 9.59 Å². The maximum atomic E-state index is 13.7. The highest BCUT2D eigenvalue weighted by molar-refractivity contribution is 6.35. The summed E-state index contributed by atoms with van der Waals surface area (Å²) in [6, 6.07) is 19.3. The topological polar surface area (TPSA) is 49.4 Å². The lowest BCUT2D eigenvalue weighted by atomic mass is 9.95. The fourth-order valence-electron chi connectivity index (χ4n) is 5.19. The van der Waals surface area contributed by atoms with E-state index in [1.807, 2.05) is 31.2 Å². The van der Waals surface area contributed by atoms with Crippen LogP contribution < -0.4 is 5.32 Å². The van der Waals surface area contributed by atoms with Gasteiger partial charge in [-0.05, 0) is 59.7 Å². The molecular weight excluding hydrogens is 491 g/mol. The molecule has 0 aliphatic heterocycles. The molecule has 2 amide bonds. The lowest BCUT2D eigenvalue weighted by Gasteiger charge is -2.33. The number of halogens is 2. The predicted molar refractivity (Wildman–Crippen MR) is 148 cm³/mol. The van der Waals surface area contributed by atoms with E-state index in [4.69, 9.17) is 23.2 Å². The average Bonchev–Trinajstić information content (AvgIpc) is 2.89. The van der Waals surface area contributed by atoms with E-state index in [9.17, 15) is 9.59 Å². The standard InChI is InChI=1S/C30H34Cl2N2O2/c1-2-28(30(36)33-25-12-4-3-5-13-25)34(20-23-15-17-24(31)19-27(23)32)29(35)18-16-22-11-8-10-21-9-6-7-14-26(21)22/h6-11,14-15,17,19,25,28H,2-5,12-13,16,18,20H2,1H3,(H,33,36)/t28-/m0/s1. The van der Waals surface area contributed by atoms with E-state index in [0.717, 1.165) is 47.6 Å². The molecule has 0 aromatic heterocycles. The smallest absolute Gasteiger partial charge is 0.243 e. The molecule has 6 heteroatoms. The van der Waals surface area contributed by atoms with Crippen LogP contribution in [0.2, 0.25) is 10.0 Å². The molecule has 0 spiro atoms. The molecule has 1 N–H and O–H groups in total. The first-order valence-electron chi connectivity index (χ1n) is 13.0. The molecule has 0 saturated heterocycles. The number of fused-ring (bicyclic) bond motifs is 1. The van der Waals surface area contributed by atoms with Gasteiger partial charge in [0, 0.05) is 29.1 Å². The van der Waals surface area contributed by atoms with E-state index in [2.05, 4.69) is 29.6 Å². The van der Waals surface area contributed by atoms with Gasteiger partial charge in [-0.2, -0.15) is 0 Å². The summed E-state index contributed by atoms with van der Waals surface area (Å²) in [5.41, 5.74) is 1.91. The van der Waals surface area contributed by atoms with Crippen molar-refractivity contribution in [1.82, 2.24) is 10.2 Å². The fourth-order valence-corrected chi connectivity index (χ4v) is 5.66. The second-order valence-electron chi connectivity index (χ2n) is 9.66. The average molecular weight is 526 g/mol. The van der Waals surface area contributed by atoms with E-state index < -0.39 is 6.04 Å². The number of carbonyl (C=O) groups is 2. The van der Waals surface area contributed by atoms with Crippen molar-refractivity contribution in [3.8, 4) is 0 Å². The summed E-state index contributed by atoms with van der Waals surface area (Å²) in [5, 5.41) is 6.58. The molecule has 36 heavy (non-hydrogen) atoms. The molecule has 0 bridgehead atoms. The summed E-state index contributed by atoms with van der Waals surface area (Å²) in [6.07, 6.45) is 6.94. The molecule has 1 fully saturated rings. The maximum absolute atomic E-state index is 13.7. The van der Waals surface area contributed by atoms with E-state index in [0.29, 0.717) is 29.3 Å². The first kappa shape index (κ1) is 26.5. The summed E-state index contributed by atoms with van der Waals surface area (Å²) < 4.78 is 0. The normalized spacial score (nSPS) is 15.0. The van der Waals surface area contributed by atoms with Crippen molar-refractivity contribution in [1.29, 1.82) is 0 Å². The molecule has 1 aliphatic carbocycles. The van der Waals surface area contributed by atoms with Gasteiger partial charge in [0.15, 0.2) is 0 Å². The van der Waals surface area contributed by atoms with Gasteiger partial charge < -0.3 is 10.2 Å². The molecule has 4 rings (SSSR count). The fraction of sp³-hybridized carbons (Fsp3) is 0.400. The quantitative estimate of drug-likeness (QED) is 0.318. The Bertz CT molecular complexity index is 1200. The maximum Gasteiger partial charge on any atom is 0.243 e. The Hall–Kier alpha value is -2.56. The van der Waals surface area contributed by atoms with Crippen LogP contribution in [0.25, 0.3) is 10.8 Å². The van der Waals surface area contributed by atoms with Crippen LogP contribution in [-0.2, 0) is 22.6 Å². The van der Waals surface area contributed by atoms with E-state index in [1.165, 1.54) is 6.42 Å². The van der Waals surface area contributed by atoms with E-state index >= 15 is 0 Å². The van der Waals surface area contributed by atoms with Crippen molar-refractivity contribution in [3.63, 3.8) is 0 Å². The number of benzene rings is 3. The monoisotopic (exact) mass is 524 g/mol. The van der Waals surface area contributed by atoms with E-state index in [-0.39, 0.29) is 24.4 Å². The highest BCUT2D eigenvalue weighted by atomic mass is 35.5. The van der Waals surface area contributed by atoms with Gasteiger partial charge in [0.2, 0.25) is 11.8 Å². The summed E-state index contributed by atoms with van der Waals surface area (Å²) >= 11 is 12.6. The second kappa shape index (κ2) is 12.6. The minimum absolute atomic E-state index is 0.0559. The van der Waals surface area contributed by atoms with Crippen molar-refractivity contribution in [2.24, 2.45) is 0 Å². The molecule has 1 atom stereocenters. The van der Waals surface area contributed by atoms with Crippen LogP contribution in [0.3, 0.4) is 0 Å². The summed E-state index contributed by atoms with van der Waals surface area (Å²) in [5.74, 6) is -0.132. The third-order valence-corrected chi connectivity index (χ3v) is 7.77. The van der Waals surface area contributed by atoms with Gasteiger partial charge in [0.25, 0.3) is 0 Å². The van der Waals surface area contributed by atoms with E-state index in [1.54, 1.807) is 17.0 Å². The van der Waals surface area contributed by atoms with Gasteiger partial charge in [-0.3, -0.25) is 9.59 Å². The molecule has 0 unspecified atom stereocenters. The first-order chi connectivity index (χ1) is 17.5. The number of amides is 2. The highest BCUT2D eigenvalue weighted by Crippen LogP contribution is 2.26. The number of hydrogen-bond donors (Lipinski definition) is 1. The van der Waals surface area contributed by atoms with Crippen LogP contribution in [0.1, 0.15) is 63.0 Å². The molecular formula is C30H34Cl2N2O2. The molecule has 0 radical (unpaired) electrons. The van der Waals surface area contributed by atoms with Gasteiger partial charge in [-0.1, -0.05) is 97.9 Å². The van der Waals surface area contributed by atoms with Gasteiger partial charge in [-0.15, -0.1) is 0 Å². The lowest BCUT2D eigenvalue weighted by molar-refractivity contribution is -0.141. The molecule has 1 aliphatic rings. The molecule has 1 saturated carbocycles. The van der Waals surface area contributed by atoms with Crippen LogP contribution in [0.4, 0.5) is 0 Å². The Labute approximate surface area is 224 Å². The zero-order valence-electron chi connectivity index (χ0n) is 20.8. The summed E-state index contributed by atoms with van der Waals surface area (Å²) in [6.45, 7) is 2.22. The third kappa shape index (κ3) is 6.60. The Balaban J connectivity index is 1.55. The minimum Gasteiger partial charge on any atom is -0.352 e. The second-order valence-corrected chi connectivity index (χ2v) is 10.5. The minimum atomic E-state index is -0.557. The summed E-state index contributed by atoms with van der Waals surface area (Å²) in [7, 11) is 0. The zero-order chi connectivity index (χ0) is 25.5. The van der Waals surface area contributed by atoms with Crippen molar-refractivity contribution >= 4 is 45.8 Å². The van der Waals surface area contributed by atoms with Crippen LogP contribution in [0.15, 0.2) is 60.7 Å². The van der Waals surface area contributed by atoms with Crippen LogP contribution in [0.5, 0.6) is 0 Å². The number of nitrogens with one attached hydrogen (secondary N) is 1. The number of aryl methyl sites for hydroxylation is 1. The number of nitrogens with zero attached hydrogens (tertiary/aromatic N) is 1. The predicted octanol–water partition coefficient (Wildman–Crippen LogP) is 7.34. The Morgan fingerprint density at radius 1 is 0.972 bits per heavy atom. The van der Waals surface area contributed by atoms with Gasteiger partial charge in [-0.25, -0.2) is 0 Å². The molecule has 3 aromatic carbocycles. The summed E-state index contributed by atoms with van der Waals surface area (Å²) in [4.78, 5) is 28.8. The van der Waals surface area contributed by atoms with Crippen molar-refractivity contribution in [2.75, 3.05) is 0 Å².